The summed E-state index contributed by atoms with van der Waals surface area (Å²) < 4.78 is 0. The molecule has 0 heterocycles. The van der Waals surface area contributed by atoms with E-state index in [1.807, 2.05) is 41.5 Å². The molecule has 1 saturated carbocycles. The van der Waals surface area contributed by atoms with Crippen LogP contribution in [-0.2, 0) is 0 Å². The highest BCUT2D eigenvalue weighted by Crippen LogP contribution is 2.34. The van der Waals surface area contributed by atoms with Gasteiger partial charge in [-0.3, -0.25) is 0 Å². The summed E-state index contributed by atoms with van der Waals surface area (Å²) in [4.78, 5) is 0. The van der Waals surface area contributed by atoms with Crippen molar-refractivity contribution in [1.29, 1.82) is 0 Å². The van der Waals surface area contributed by atoms with E-state index in [9.17, 15) is 0 Å². The topological polar surface area (TPSA) is 0 Å². The molecule has 0 amide bonds. The molecule has 0 heteroatoms. The molecule has 0 aromatic carbocycles. The van der Waals surface area contributed by atoms with E-state index in [1.54, 1.807) is 0 Å². The molecule has 2 unspecified atom stereocenters. The number of hydrogen-bond acceptors (Lipinski definition) is 0. The largest absolute Gasteiger partial charge is 0.0683 e. The third-order valence-corrected chi connectivity index (χ3v) is 3.03. The average molecular weight is 230 g/mol. The first-order valence-electron chi connectivity index (χ1n) is 7.72. The van der Waals surface area contributed by atoms with E-state index in [0.717, 1.165) is 17.8 Å². The summed E-state index contributed by atoms with van der Waals surface area (Å²) in [6.07, 6.45) is 5.92. The van der Waals surface area contributed by atoms with Gasteiger partial charge < -0.3 is 0 Å². The fourth-order valence-electron chi connectivity index (χ4n) is 2.34. The van der Waals surface area contributed by atoms with Crippen molar-refractivity contribution in [3.05, 3.63) is 0 Å². The van der Waals surface area contributed by atoms with Crippen LogP contribution < -0.4 is 0 Å². The van der Waals surface area contributed by atoms with E-state index in [4.69, 9.17) is 0 Å². The second kappa shape index (κ2) is 17.4. The van der Waals surface area contributed by atoms with Gasteiger partial charge in [0.2, 0.25) is 0 Å². The first-order valence-corrected chi connectivity index (χ1v) is 7.72. The molecule has 0 aliphatic heterocycles. The monoisotopic (exact) mass is 230 g/mol. The second-order valence-electron chi connectivity index (χ2n) is 4.17. The SMILES string of the molecule is CC.CC.CC.CC(C)C1CCCCC1C. The lowest BCUT2D eigenvalue weighted by atomic mass is 9.75. The lowest BCUT2D eigenvalue weighted by Gasteiger charge is -2.31. The number of rotatable bonds is 1. The fourth-order valence-corrected chi connectivity index (χ4v) is 2.34. The van der Waals surface area contributed by atoms with Crippen LogP contribution in [0.1, 0.15) is 88.0 Å². The summed E-state index contributed by atoms with van der Waals surface area (Å²) in [7, 11) is 0. The Morgan fingerprint density at radius 2 is 1.12 bits per heavy atom. The van der Waals surface area contributed by atoms with Gasteiger partial charge in [0.15, 0.2) is 0 Å². The van der Waals surface area contributed by atoms with Gasteiger partial charge in [-0.15, -0.1) is 0 Å². The number of hydrogen-bond donors (Lipinski definition) is 0. The normalized spacial score (nSPS) is 22.9. The van der Waals surface area contributed by atoms with E-state index in [-0.39, 0.29) is 0 Å². The van der Waals surface area contributed by atoms with Crippen LogP contribution in [-0.4, -0.2) is 0 Å². The molecule has 1 aliphatic rings. The van der Waals surface area contributed by atoms with Crippen molar-refractivity contribution in [3.63, 3.8) is 0 Å². The van der Waals surface area contributed by atoms with Crippen LogP contribution in [0.3, 0.4) is 0 Å². The fraction of sp³-hybridized carbons (Fsp3) is 1.00. The zero-order valence-electron chi connectivity index (χ0n) is 13.6. The maximum absolute atomic E-state index is 2.42. The molecule has 0 nitrogen and oxygen atoms in total. The van der Waals surface area contributed by atoms with Gasteiger partial charge in [0, 0.05) is 0 Å². The zero-order valence-corrected chi connectivity index (χ0v) is 13.6. The summed E-state index contributed by atoms with van der Waals surface area (Å²) >= 11 is 0. The van der Waals surface area contributed by atoms with Crippen molar-refractivity contribution >= 4 is 0 Å². The quantitative estimate of drug-likeness (QED) is 0.479. The highest BCUT2D eigenvalue weighted by atomic mass is 14.3. The predicted molar refractivity (Wildman–Crippen MR) is 80.0 cm³/mol. The molecule has 0 spiro atoms. The summed E-state index contributed by atoms with van der Waals surface area (Å²) in [6.45, 7) is 19.2. The van der Waals surface area contributed by atoms with Crippen molar-refractivity contribution in [3.8, 4) is 0 Å². The molecule has 102 valence electrons. The minimum atomic E-state index is 0.912. The van der Waals surface area contributed by atoms with Gasteiger partial charge in [0.1, 0.15) is 0 Å². The van der Waals surface area contributed by atoms with Crippen molar-refractivity contribution in [2.45, 2.75) is 88.0 Å². The Morgan fingerprint density at radius 1 is 0.750 bits per heavy atom. The second-order valence-corrected chi connectivity index (χ2v) is 4.17. The Morgan fingerprint density at radius 3 is 1.38 bits per heavy atom. The van der Waals surface area contributed by atoms with Crippen LogP contribution >= 0.6 is 0 Å². The van der Waals surface area contributed by atoms with Gasteiger partial charge in [-0.25, -0.2) is 0 Å². The molecule has 2 atom stereocenters. The maximum Gasteiger partial charge on any atom is -0.0365 e. The van der Waals surface area contributed by atoms with Crippen LogP contribution in [0.5, 0.6) is 0 Å². The van der Waals surface area contributed by atoms with E-state index < -0.39 is 0 Å². The first kappa shape index (κ1) is 21.3. The van der Waals surface area contributed by atoms with Crippen LogP contribution in [0.25, 0.3) is 0 Å². The predicted octanol–water partition coefficient (Wildman–Crippen LogP) is 6.55. The van der Waals surface area contributed by atoms with Crippen molar-refractivity contribution in [2.24, 2.45) is 17.8 Å². The Labute approximate surface area is 106 Å². The van der Waals surface area contributed by atoms with E-state index in [1.165, 1.54) is 25.7 Å². The smallest absolute Gasteiger partial charge is 0.0365 e. The van der Waals surface area contributed by atoms with Gasteiger partial charge in [-0.2, -0.15) is 0 Å². The molecule has 0 aromatic heterocycles. The Balaban J connectivity index is -0.000000245. The summed E-state index contributed by atoms with van der Waals surface area (Å²) in [5, 5.41) is 0. The summed E-state index contributed by atoms with van der Waals surface area (Å²) in [5.41, 5.74) is 0. The Kier molecular flexibility index (Phi) is 23.2. The van der Waals surface area contributed by atoms with Gasteiger partial charge in [-0.1, -0.05) is 81.6 Å². The lowest BCUT2D eigenvalue weighted by Crippen LogP contribution is -2.21. The molecule has 0 aromatic rings. The third kappa shape index (κ3) is 10.5. The van der Waals surface area contributed by atoms with Crippen molar-refractivity contribution in [2.75, 3.05) is 0 Å². The molecule has 0 bridgehead atoms. The standard InChI is InChI=1S/C10H20.3C2H6/c1-8(2)10-7-5-4-6-9(10)3;3*1-2/h8-10H,4-7H2,1-3H3;3*1-2H3. The van der Waals surface area contributed by atoms with Gasteiger partial charge in [0.05, 0.1) is 0 Å². The highest BCUT2D eigenvalue weighted by molar-refractivity contribution is 4.74. The maximum atomic E-state index is 2.42. The van der Waals surface area contributed by atoms with E-state index in [0.29, 0.717) is 0 Å². The lowest BCUT2D eigenvalue weighted by molar-refractivity contribution is 0.196. The first-order chi connectivity index (χ1) is 7.72. The molecule has 1 fully saturated rings. The van der Waals surface area contributed by atoms with E-state index in [2.05, 4.69) is 20.8 Å². The molecule has 1 rings (SSSR count). The third-order valence-electron chi connectivity index (χ3n) is 3.03. The van der Waals surface area contributed by atoms with Gasteiger partial charge in [0.25, 0.3) is 0 Å². The molecule has 1 aliphatic carbocycles. The van der Waals surface area contributed by atoms with Crippen molar-refractivity contribution in [1.82, 2.24) is 0 Å². The minimum absolute atomic E-state index is 0.912. The molecule has 0 N–H and O–H groups in total. The summed E-state index contributed by atoms with van der Waals surface area (Å²) in [6, 6.07) is 0. The highest BCUT2D eigenvalue weighted by Gasteiger charge is 2.23. The average Bonchev–Trinajstić information content (AvgIpc) is 2.37. The molecular weight excluding hydrogens is 192 g/mol. The molecule has 0 radical (unpaired) electrons. The molecular formula is C16H38. The van der Waals surface area contributed by atoms with Crippen LogP contribution in [0.15, 0.2) is 0 Å². The zero-order chi connectivity index (χ0) is 13.6. The molecule has 0 saturated heterocycles. The minimum Gasteiger partial charge on any atom is -0.0683 e. The van der Waals surface area contributed by atoms with Gasteiger partial charge >= 0.3 is 0 Å². The van der Waals surface area contributed by atoms with Crippen LogP contribution in [0.4, 0.5) is 0 Å². The summed E-state index contributed by atoms with van der Waals surface area (Å²) in [5.74, 6) is 2.93. The van der Waals surface area contributed by atoms with Crippen LogP contribution in [0.2, 0.25) is 0 Å². The van der Waals surface area contributed by atoms with Crippen LogP contribution in [0, 0.1) is 17.8 Å². The van der Waals surface area contributed by atoms with Gasteiger partial charge in [-0.05, 0) is 24.2 Å². The van der Waals surface area contributed by atoms with E-state index >= 15 is 0 Å². The van der Waals surface area contributed by atoms with Crippen molar-refractivity contribution < 1.29 is 0 Å². The Hall–Kier alpha value is 0. The molecule has 16 heavy (non-hydrogen) atoms. The Bertz CT molecular complexity index is 94.2.